The summed E-state index contributed by atoms with van der Waals surface area (Å²) in [7, 11) is 0. The molecule has 0 atom stereocenters. The quantitative estimate of drug-likeness (QED) is 0.608. The summed E-state index contributed by atoms with van der Waals surface area (Å²) in [6.07, 6.45) is 2.03. The largest absolute Gasteiger partial charge is 0.724 e. The first kappa shape index (κ1) is 16.2. The molecule has 0 aliphatic rings. The van der Waals surface area contributed by atoms with E-state index in [0.29, 0.717) is 12.2 Å². The Kier molecular flexibility index (Phi) is 9.96. The highest BCUT2D eigenvalue weighted by molar-refractivity contribution is 5.37. The molecule has 0 radical (unpaired) electrons. The molecule has 0 unspecified atom stereocenters. The van der Waals surface area contributed by atoms with E-state index in [-0.39, 0.29) is 0 Å². The van der Waals surface area contributed by atoms with Crippen molar-refractivity contribution in [1.82, 2.24) is 0 Å². The van der Waals surface area contributed by atoms with Crippen LogP contribution in [0.15, 0.2) is 60.7 Å². The molecule has 0 amide bonds. The zero-order valence-corrected chi connectivity index (χ0v) is 10.2. The van der Waals surface area contributed by atoms with Crippen LogP contribution in [0.3, 0.4) is 0 Å². The lowest BCUT2D eigenvalue weighted by molar-refractivity contribution is 0.568. The van der Waals surface area contributed by atoms with Crippen LogP contribution in [-0.2, 0) is 16.0 Å². The standard InChI is InChI=1S/C13H12.2CNO/c1-3-7-12(8-4-1)11-13-9-5-2-6-10-13;2*2-1-3/h1-10H,11H2;;/q;2*-1. The van der Waals surface area contributed by atoms with Gasteiger partial charge >= 0.3 is 0 Å². The molecule has 96 valence electrons. The highest BCUT2D eigenvalue weighted by Gasteiger charge is 1.92. The molecule has 2 aromatic carbocycles. The van der Waals surface area contributed by atoms with E-state index in [4.69, 9.17) is 20.4 Å². The molecule has 0 spiro atoms. The van der Waals surface area contributed by atoms with Gasteiger partial charge in [0, 0.05) is 0 Å². The molecule has 0 aliphatic heterocycles. The van der Waals surface area contributed by atoms with E-state index in [9.17, 15) is 0 Å². The third kappa shape index (κ3) is 8.95. The Morgan fingerprint density at radius 2 is 0.947 bits per heavy atom. The molecule has 0 aromatic heterocycles. The Bertz CT molecular complexity index is 463. The number of carbonyl (C=O) groups excluding carboxylic acids is 2. The normalized spacial score (nSPS) is 7.58. The van der Waals surface area contributed by atoms with Gasteiger partial charge in [0.2, 0.25) is 0 Å². The average molecular weight is 252 g/mol. The van der Waals surface area contributed by atoms with Crippen LogP contribution in [-0.4, -0.2) is 12.2 Å². The van der Waals surface area contributed by atoms with Gasteiger partial charge in [-0.3, -0.25) is 9.59 Å². The maximum atomic E-state index is 8.24. The van der Waals surface area contributed by atoms with Crippen molar-refractivity contribution in [2.75, 3.05) is 0 Å². The predicted octanol–water partition coefficient (Wildman–Crippen LogP) is 3.06. The summed E-state index contributed by atoms with van der Waals surface area (Å²) >= 11 is 0. The zero-order chi connectivity index (χ0) is 14.3. The van der Waals surface area contributed by atoms with Gasteiger partial charge in [0.25, 0.3) is 0 Å². The number of benzene rings is 2. The Hall–Kier alpha value is -2.80. The molecular weight excluding hydrogens is 240 g/mol. The molecule has 4 nitrogen and oxygen atoms in total. The van der Waals surface area contributed by atoms with E-state index in [0.717, 1.165) is 6.42 Å². The molecule has 0 aliphatic carbocycles. The predicted molar refractivity (Wildman–Crippen MR) is 73.8 cm³/mol. The Balaban J connectivity index is 0.000000465. The molecular formula is C15H12N2O2-2. The molecule has 4 heteroatoms. The molecule has 0 saturated heterocycles. The van der Waals surface area contributed by atoms with Crippen molar-refractivity contribution in [1.29, 1.82) is 0 Å². The topological polar surface area (TPSA) is 78.7 Å². The highest BCUT2D eigenvalue weighted by atomic mass is 16.1. The number of hydrogen-bond donors (Lipinski definition) is 0. The lowest BCUT2D eigenvalue weighted by Gasteiger charge is -2.00. The average Bonchev–Trinajstić information content (AvgIpc) is 2.43. The summed E-state index contributed by atoms with van der Waals surface area (Å²) in [4.78, 5) is 16.5. The van der Waals surface area contributed by atoms with Crippen LogP contribution >= 0.6 is 0 Å². The smallest absolute Gasteiger partial charge is 0.00258 e. The molecule has 0 N–H and O–H groups in total. The number of rotatable bonds is 2. The summed E-state index contributed by atoms with van der Waals surface area (Å²) < 4.78 is 0. The van der Waals surface area contributed by atoms with Crippen molar-refractivity contribution in [2.45, 2.75) is 6.42 Å². The van der Waals surface area contributed by atoms with Gasteiger partial charge in [-0.05, 0) is 29.7 Å². The van der Waals surface area contributed by atoms with Crippen LogP contribution in [0.1, 0.15) is 11.1 Å². The second-order valence-corrected chi connectivity index (χ2v) is 3.33. The zero-order valence-electron chi connectivity index (χ0n) is 10.2. The lowest BCUT2D eigenvalue weighted by atomic mass is 10.1. The van der Waals surface area contributed by atoms with Crippen LogP contribution in [0, 0.1) is 0 Å². The van der Waals surface area contributed by atoms with E-state index in [1.165, 1.54) is 11.1 Å². The Morgan fingerprint density at radius 3 is 1.21 bits per heavy atom. The minimum Gasteiger partial charge on any atom is -0.724 e. The van der Waals surface area contributed by atoms with Crippen molar-refractivity contribution < 1.29 is 9.59 Å². The van der Waals surface area contributed by atoms with E-state index < -0.39 is 0 Å². The Labute approximate surface area is 111 Å². The number of isocyanates is 2. The van der Waals surface area contributed by atoms with E-state index in [1.807, 2.05) is 0 Å². The third-order valence-electron chi connectivity index (χ3n) is 2.09. The van der Waals surface area contributed by atoms with Crippen molar-refractivity contribution in [3.8, 4) is 0 Å². The first-order chi connectivity index (χ1) is 9.28. The van der Waals surface area contributed by atoms with Gasteiger partial charge in [0.1, 0.15) is 0 Å². The summed E-state index contributed by atoms with van der Waals surface area (Å²) in [5, 5.41) is 13.5. The molecule has 0 fully saturated rings. The lowest BCUT2D eigenvalue weighted by Crippen LogP contribution is -1.85. The van der Waals surface area contributed by atoms with Gasteiger partial charge < -0.3 is 10.8 Å². The summed E-state index contributed by atoms with van der Waals surface area (Å²) in [6, 6.07) is 21.1. The minimum atomic E-state index is 0.500. The van der Waals surface area contributed by atoms with Gasteiger partial charge in [-0.1, -0.05) is 60.7 Å². The molecule has 2 rings (SSSR count). The molecule has 0 saturated carbocycles. The van der Waals surface area contributed by atoms with Gasteiger partial charge in [0.15, 0.2) is 0 Å². The molecule has 2 aromatic rings. The fourth-order valence-corrected chi connectivity index (χ4v) is 1.43. The van der Waals surface area contributed by atoms with E-state index in [1.54, 1.807) is 0 Å². The number of hydrogen-bond acceptors (Lipinski definition) is 2. The Morgan fingerprint density at radius 1 is 0.684 bits per heavy atom. The van der Waals surface area contributed by atoms with E-state index in [2.05, 4.69) is 60.7 Å². The van der Waals surface area contributed by atoms with Gasteiger partial charge in [-0.15, -0.1) is 0 Å². The molecule has 0 bridgehead atoms. The first-order valence-electron chi connectivity index (χ1n) is 5.38. The first-order valence-corrected chi connectivity index (χ1v) is 5.38. The minimum absolute atomic E-state index is 0.500. The third-order valence-corrected chi connectivity index (χ3v) is 2.09. The van der Waals surface area contributed by atoms with Crippen molar-refractivity contribution in [3.63, 3.8) is 0 Å². The van der Waals surface area contributed by atoms with Crippen molar-refractivity contribution in [3.05, 3.63) is 82.6 Å². The van der Waals surface area contributed by atoms with Crippen molar-refractivity contribution >= 4 is 12.2 Å². The molecule has 19 heavy (non-hydrogen) atoms. The maximum absolute atomic E-state index is 8.24. The monoisotopic (exact) mass is 252 g/mol. The molecule has 0 heterocycles. The second-order valence-electron chi connectivity index (χ2n) is 3.33. The summed E-state index contributed by atoms with van der Waals surface area (Å²) in [6.45, 7) is 0. The fourth-order valence-electron chi connectivity index (χ4n) is 1.43. The fraction of sp³-hybridized carbons (Fsp3) is 0.0667. The number of nitrogens with zero attached hydrogens (tertiary/aromatic N) is 2. The SMILES string of the molecule is [N-]=C=O.[N-]=C=O.c1ccc(Cc2ccccc2)cc1. The van der Waals surface area contributed by atoms with E-state index >= 15 is 0 Å². The van der Waals surface area contributed by atoms with Crippen LogP contribution in [0.25, 0.3) is 10.8 Å². The van der Waals surface area contributed by atoms with Crippen LogP contribution in [0.4, 0.5) is 0 Å². The van der Waals surface area contributed by atoms with Crippen LogP contribution in [0.5, 0.6) is 0 Å². The highest BCUT2D eigenvalue weighted by Crippen LogP contribution is 2.07. The van der Waals surface area contributed by atoms with Gasteiger partial charge in [-0.2, -0.15) is 0 Å². The summed E-state index contributed by atoms with van der Waals surface area (Å²) in [5.41, 5.74) is 2.74. The maximum Gasteiger partial charge on any atom is -0.00258 e. The second kappa shape index (κ2) is 11.7. The van der Waals surface area contributed by atoms with Gasteiger partial charge in [0.05, 0.1) is 0 Å². The van der Waals surface area contributed by atoms with Crippen LogP contribution < -0.4 is 0 Å². The summed E-state index contributed by atoms with van der Waals surface area (Å²) in [5.74, 6) is 0. The van der Waals surface area contributed by atoms with Gasteiger partial charge in [-0.25, -0.2) is 0 Å². The van der Waals surface area contributed by atoms with Crippen LogP contribution in [0.2, 0.25) is 0 Å². The van der Waals surface area contributed by atoms with Crippen molar-refractivity contribution in [2.24, 2.45) is 0 Å².